The Labute approximate surface area is 122 Å². The number of nitrogens with zero attached hydrogens (tertiary/aromatic N) is 2. The maximum absolute atomic E-state index is 5.03. The highest BCUT2D eigenvalue weighted by atomic mass is 16.5. The van der Waals surface area contributed by atoms with Crippen LogP contribution in [0.15, 0.2) is 18.3 Å². The van der Waals surface area contributed by atoms with E-state index in [-0.39, 0.29) is 0 Å². The molecule has 0 amide bonds. The zero-order valence-electron chi connectivity index (χ0n) is 12.9. The lowest BCUT2D eigenvalue weighted by molar-refractivity contribution is 0.166. The lowest BCUT2D eigenvalue weighted by Gasteiger charge is -2.35. The first kappa shape index (κ1) is 15.3. The highest BCUT2D eigenvalue weighted by Crippen LogP contribution is 2.27. The van der Waals surface area contributed by atoms with E-state index in [1.165, 1.54) is 25.1 Å². The average molecular weight is 277 g/mol. The molecule has 1 aromatic heterocycles. The van der Waals surface area contributed by atoms with Crippen molar-refractivity contribution in [1.29, 1.82) is 0 Å². The minimum Gasteiger partial charge on any atom is -0.383 e. The Morgan fingerprint density at radius 1 is 1.45 bits per heavy atom. The van der Waals surface area contributed by atoms with Gasteiger partial charge >= 0.3 is 0 Å². The number of nitrogens with one attached hydrogen (secondary N) is 1. The van der Waals surface area contributed by atoms with Gasteiger partial charge in [0.2, 0.25) is 0 Å². The van der Waals surface area contributed by atoms with E-state index in [2.05, 4.69) is 41.2 Å². The largest absolute Gasteiger partial charge is 0.383 e. The number of aromatic nitrogens is 1. The van der Waals surface area contributed by atoms with Crippen LogP contribution < -0.4 is 5.32 Å². The van der Waals surface area contributed by atoms with E-state index in [1.54, 1.807) is 7.11 Å². The fourth-order valence-corrected chi connectivity index (χ4v) is 2.77. The maximum Gasteiger partial charge on any atom is 0.0635 e. The van der Waals surface area contributed by atoms with E-state index < -0.39 is 0 Å². The molecule has 1 fully saturated rings. The van der Waals surface area contributed by atoms with Crippen LogP contribution in [-0.4, -0.2) is 49.3 Å². The molecule has 1 aliphatic heterocycles. The lowest BCUT2D eigenvalue weighted by atomic mass is 9.93. The van der Waals surface area contributed by atoms with Crippen LogP contribution in [0.5, 0.6) is 0 Å². The molecule has 1 atom stereocenters. The van der Waals surface area contributed by atoms with Crippen molar-refractivity contribution in [3.8, 4) is 0 Å². The van der Waals surface area contributed by atoms with Gasteiger partial charge in [-0.3, -0.25) is 4.98 Å². The molecule has 0 bridgehead atoms. The van der Waals surface area contributed by atoms with Crippen LogP contribution in [0.25, 0.3) is 0 Å². The standard InChI is InChI=1S/C16H27N3O/c1-13(2)19-9-4-5-14(12-19)16-7-6-15(11-18-16)17-8-10-20-3/h6-7,11,13-14,17H,4-5,8-10,12H2,1-3H3/t14-/m0/s1. The smallest absolute Gasteiger partial charge is 0.0635 e. The maximum atomic E-state index is 5.03. The first-order valence-corrected chi connectivity index (χ1v) is 7.63. The molecule has 4 nitrogen and oxygen atoms in total. The highest BCUT2D eigenvalue weighted by Gasteiger charge is 2.23. The van der Waals surface area contributed by atoms with Crippen LogP contribution in [0.1, 0.15) is 38.3 Å². The number of anilines is 1. The molecule has 4 heteroatoms. The third kappa shape index (κ3) is 4.18. The van der Waals surface area contributed by atoms with Crippen molar-refractivity contribution in [3.05, 3.63) is 24.0 Å². The van der Waals surface area contributed by atoms with Gasteiger partial charge in [-0.2, -0.15) is 0 Å². The van der Waals surface area contributed by atoms with Crippen molar-refractivity contribution < 1.29 is 4.74 Å². The fraction of sp³-hybridized carbons (Fsp3) is 0.688. The zero-order chi connectivity index (χ0) is 14.4. The second-order valence-electron chi connectivity index (χ2n) is 5.82. The third-order valence-electron chi connectivity index (χ3n) is 4.02. The Morgan fingerprint density at radius 2 is 2.30 bits per heavy atom. The second kappa shape index (κ2) is 7.60. The van der Waals surface area contributed by atoms with Gasteiger partial charge in [0, 0.05) is 37.9 Å². The van der Waals surface area contributed by atoms with Crippen LogP contribution in [0.4, 0.5) is 5.69 Å². The van der Waals surface area contributed by atoms with E-state index in [4.69, 9.17) is 4.74 Å². The summed E-state index contributed by atoms with van der Waals surface area (Å²) in [4.78, 5) is 7.20. The van der Waals surface area contributed by atoms with Gasteiger partial charge in [-0.25, -0.2) is 0 Å². The molecule has 0 saturated carbocycles. The Balaban J connectivity index is 1.92. The Bertz CT molecular complexity index is 391. The SMILES string of the molecule is COCCNc1ccc([C@H]2CCCN(C(C)C)C2)nc1. The van der Waals surface area contributed by atoms with Crippen LogP contribution in [0, 0.1) is 0 Å². The molecular formula is C16H27N3O. The van der Waals surface area contributed by atoms with Crippen molar-refractivity contribution in [2.75, 3.05) is 38.7 Å². The molecule has 2 heterocycles. The summed E-state index contributed by atoms with van der Waals surface area (Å²) in [5.74, 6) is 0.583. The van der Waals surface area contributed by atoms with Crippen LogP contribution in [0.3, 0.4) is 0 Å². The Morgan fingerprint density at radius 3 is 2.95 bits per heavy atom. The molecule has 1 aliphatic rings. The monoisotopic (exact) mass is 277 g/mol. The highest BCUT2D eigenvalue weighted by molar-refractivity contribution is 5.41. The van der Waals surface area contributed by atoms with Crippen molar-refractivity contribution >= 4 is 5.69 Å². The van der Waals surface area contributed by atoms with Gasteiger partial charge in [0.25, 0.3) is 0 Å². The minimum atomic E-state index is 0.583. The summed E-state index contributed by atoms with van der Waals surface area (Å²) < 4.78 is 5.03. The summed E-state index contributed by atoms with van der Waals surface area (Å²) in [7, 11) is 1.71. The van der Waals surface area contributed by atoms with E-state index in [0.29, 0.717) is 18.6 Å². The van der Waals surface area contributed by atoms with Crippen LogP contribution in [-0.2, 0) is 4.74 Å². The first-order chi connectivity index (χ1) is 9.70. The number of methoxy groups -OCH3 is 1. The molecule has 1 N–H and O–H groups in total. The summed E-state index contributed by atoms with van der Waals surface area (Å²) in [5, 5.41) is 3.30. The van der Waals surface area contributed by atoms with Gasteiger partial charge in [-0.1, -0.05) is 0 Å². The Hall–Kier alpha value is -1.13. The van der Waals surface area contributed by atoms with Gasteiger partial charge in [0.05, 0.1) is 18.5 Å². The normalized spacial score (nSPS) is 20.3. The van der Waals surface area contributed by atoms with Gasteiger partial charge in [-0.05, 0) is 45.4 Å². The van der Waals surface area contributed by atoms with E-state index in [0.717, 1.165) is 18.8 Å². The van der Waals surface area contributed by atoms with Gasteiger partial charge in [0.1, 0.15) is 0 Å². The van der Waals surface area contributed by atoms with Crippen molar-refractivity contribution in [2.24, 2.45) is 0 Å². The molecule has 0 radical (unpaired) electrons. The molecule has 1 aromatic rings. The molecule has 0 aliphatic carbocycles. The predicted octanol–water partition coefficient (Wildman–Crippen LogP) is 2.73. The molecule has 0 unspecified atom stereocenters. The predicted molar refractivity (Wildman–Crippen MR) is 83.3 cm³/mol. The summed E-state index contributed by atoms with van der Waals surface area (Å²) in [6.07, 6.45) is 4.48. The molecule has 1 saturated heterocycles. The zero-order valence-corrected chi connectivity index (χ0v) is 12.9. The fourth-order valence-electron chi connectivity index (χ4n) is 2.77. The van der Waals surface area contributed by atoms with Crippen LogP contribution >= 0.6 is 0 Å². The summed E-state index contributed by atoms with van der Waals surface area (Å²) in [6, 6.07) is 4.93. The number of piperidine rings is 1. The number of pyridine rings is 1. The summed E-state index contributed by atoms with van der Waals surface area (Å²) >= 11 is 0. The summed E-state index contributed by atoms with van der Waals surface area (Å²) in [5.41, 5.74) is 2.30. The molecule has 2 rings (SSSR count). The molecule has 0 spiro atoms. The van der Waals surface area contributed by atoms with Gasteiger partial charge in [-0.15, -0.1) is 0 Å². The third-order valence-corrected chi connectivity index (χ3v) is 4.02. The van der Waals surface area contributed by atoms with Crippen molar-refractivity contribution in [1.82, 2.24) is 9.88 Å². The first-order valence-electron chi connectivity index (χ1n) is 7.63. The van der Waals surface area contributed by atoms with Crippen molar-refractivity contribution in [3.63, 3.8) is 0 Å². The van der Waals surface area contributed by atoms with Gasteiger partial charge < -0.3 is 15.0 Å². The van der Waals surface area contributed by atoms with Gasteiger partial charge in [0.15, 0.2) is 0 Å². The van der Waals surface area contributed by atoms with E-state index >= 15 is 0 Å². The molecule has 20 heavy (non-hydrogen) atoms. The van der Waals surface area contributed by atoms with Crippen LogP contribution in [0.2, 0.25) is 0 Å². The van der Waals surface area contributed by atoms with E-state index in [9.17, 15) is 0 Å². The molecular weight excluding hydrogens is 250 g/mol. The molecule has 0 aromatic carbocycles. The average Bonchev–Trinajstić information content (AvgIpc) is 2.48. The topological polar surface area (TPSA) is 37.4 Å². The summed E-state index contributed by atoms with van der Waals surface area (Å²) in [6.45, 7) is 8.46. The minimum absolute atomic E-state index is 0.583. The number of hydrogen-bond donors (Lipinski definition) is 1. The quantitative estimate of drug-likeness (QED) is 0.811. The second-order valence-corrected chi connectivity index (χ2v) is 5.82. The number of likely N-dealkylation sites (tertiary alicyclic amines) is 1. The number of hydrogen-bond acceptors (Lipinski definition) is 4. The lowest BCUT2D eigenvalue weighted by Crippen LogP contribution is -2.39. The Kier molecular flexibility index (Phi) is 5.80. The number of rotatable bonds is 6. The number of ether oxygens (including phenoxy) is 1. The van der Waals surface area contributed by atoms with Crippen molar-refractivity contribution in [2.45, 2.75) is 38.6 Å². The van der Waals surface area contributed by atoms with E-state index in [1.807, 2.05) is 6.20 Å². The molecule has 112 valence electrons.